The van der Waals surface area contributed by atoms with E-state index in [0.717, 1.165) is 21.6 Å². The topological polar surface area (TPSA) is 72.5 Å². The number of esters is 1. The molecule has 0 bridgehead atoms. The van der Waals surface area contributed by atoms with Gasteiger partial charge in [0.1, 0.15) is 0 Å². The van der Waals surface area contributed by atoms with Crippen LogP contribution in [-0.2, 0) is 19.6 Å². The maximum atomic E-state index is 12.8. The third-order valence-electron chi connectivity index (χ3n) is 4.13. The third kappa shape index (κ3) is 5.13. The van der Waals surface area contributed by atoms with Crippen LogP contribution >= 0.6 is 11.3 Å². The summed E-state index contributed by atoms with van der Waals surface area (Å²) in [7, 11) is -3.73. The molecule has 0 fully saturated rings. The highest BCUT2D eigenvalue weighted by Gasteiger charge is 2.17. The molecule has 2 aromatic carbocycles. The largest absolute Gasteiger partial charge is 0.463 e. The van der Waals surface area contributed by atoms with Crippen molar-refractivity contribution in [3.05, 3.63) is 77.2 Å². The van der Waals surface area contributed by atoms with Crippen molar-refractivity contribution in [2.45, 2.75) is 18.7 Å². The van der Waals surface area contributed by atoms with Crippen molar-refractivity contribution in [2.24, 2.45) is 0 Å². The molecule has 0 aliphatic carbocycles. The molecule has 0 saturated heterocycles. The molecule has 150 valence electrons. The van der Waals surface area contributed by atoms with Gasteiger partial charge >= 0.3 is 5.97 Å². The summed E-state index contributed by atoms with van der Waals surface area (Å²) in [6.45, 7) is 3.96. The second kappa shape index (κ2) is 9.07. The van der Waals surface area contributed by atoms with Gasteiger partial charge in [0.2, 0.25) is 0 Å². The fourth-order valence-electron chi connectivity index (χ4n) is 2.71. The smallest absolute Gasteiger partial charge is 0.330 e. The van der Waals surface area contributed by atoms with Crippen molar-refractivity contribution in [1.29, 1.82) is 0 Å². The van der Waals surface area contributed by atoms with Gasteiger partial charge in [0.25, 0.3) is 10.0 Å². The minimum atomic E-state index is -3.73. The van der Waals surface area contributed by atoms with Gasteiger partial charge in [0.05, 0.1) is 17.2 Å². The first-order chi connectivity index (χ1) is 13.9. The van der Waals surface area contributed by atoms with E-state index in [2.05, 4.69) is 4.72 Å². The summed E-state index contributed by atoms with van der Waals surface area (Å²) >= 11 is 1.47. The highest BCUT2D eigenvalue weighted by atomic mass is 32.2. The Morgan fingerprint density at radius 2 is 1.83 bits per heavy atom. The molecule has 0 saturated carbocycles. The van der Waals surface area contributed by atoms with E-state index in [-0.39, 0.29) is 4.90 Å². The van der Waals surface area contributed by atoms with Gasteiger partial charge in [-0.15, -0.1) is 11.3 Å². The Balaban J connectivity index is 1.94. The summed E-state index contributed by atoms with van der Waals surface area (Å²) in [4.78, 5) is 12.7. The molecule has 7 heteroatoms. The zero-order chi connectivity index (χ0) is 20.9. The lowest BCUT2D eigenvalue weighted by Crippen LogP contribution is -2.13. The Morgan fingerprint density at radius 1 is 1.10 bits per heavy atom. The zero-order valence-corrected chi connectivity index (χ0v) is 17.7. The van der Waals surface area contributed by atoms with Crippen LogP contribution < -0.4 is 4.72 Å². The molecule has 1 heterocycles. The predicted molar refractivity (Wildman–Crippen MR) is 117 cm³/mol. The number of aryl methyl sites for hydroxylation is 1. The van der Waals surface area contributed by atoms with Crippen molar-refractivity contribution in [1.82, 2.24) is 0 Å². The highest BCUT2D eigenvalue weighted by molar-refractivity contribution is 7.92. The molecular formula is C22H21NO4S2. The molecule has 3 rings (SSSR count). The van der Waals surface area contributed by atoms with Crippen LogP contribution in [0.1, 0.15) is 18.1 Å². The highest BCUT2D eigenvalue weighted by Crippen LogP contribution is 2.36. The lowest BCUT2D eigenvalue weighted by atomic mass is 10.1. The van der Waals surface area contributed by atoms with Crippen LogP contribution in [0.25, 0.3) is 16.5 Å². The van der Waals surface area contributed by atoms with E-state index < -0.39 is 16.0 Å². The maximum Gasteiger partial charge on any atom is 0.330 e. The average molecular weight is 428 g/mol. The van der Waals surface area contributed by atoms with E-state index in [0.29, 0.717) is 12.3 Å². The number of sulfonamides is 1. The molecular weight excluding hydrogens is 406 g/mol. The molecule has 0 amide bonds. The van der Waals surface area contributed by atoms with Gasteiger partial charge in [-0.3, -0.25) is 4.72 Å². The summed E-state index contributed by atoms with van der Waals surface area (Å²) in [6.07, 6.45) is 3.04. The maximum absolute atomic E-state index is 12.8. The van der Waals surface area contributed by atoms with Crippen LogP contribution in [0.15, 0.2) is 70.9 Å². The Bertz CT molecular complexity index is 1130. The minimum Gasteiger partial charge on any atom is -0.463 e. The van der Waals surface area contributed by atoms with E-state index >= 15 is 0 Å². The van der Waals surface area contributed by atoms with Gasteiger partial charge in [-0.25, -0.2) is 13.2 Å². The Morgan fingerprint density at radius 3 is 2.55 bits per heavy atom. The van der Waals surface area contributed by atoms with Crippen LogP contribution in [0.2, 0.25) is 0 Å². The van der Waals surface area contributed by atoms with Crippen molar-refractivity contribution in [3.63, 3.8) is 0 Å². The van der Waals surface area contributed by atoms with E-state index in [1.165, 1.54) is 17.4 Å². The molecule has 1 N–H and O–H groups in total. The number of para-hydroxylation sites is 1. The fourth-order valence-corrected chi connectivity index (χ4v) is 4.72. The van der Waals surface area contributed by atoms with Crippen LogP contribution in [0.4, 0.5) is 5.69 Å². The molecule has 0 radical (unpaired) electrons. The number of hydrogen-bond acceptors (Lipinski definition) is 5. The summed E-state index contributed by atoms with van der Waals surface area (Å²) < 4.78 is 33.3. The van der Waals surface area contributed by atoms with Gasteiger partial charge in [-0.05, 0) is 55.1 Å². The first kappa shape index (κ1) is 20.8. The van der Waals surface area contributed by atoms with Crippen LogP contribution in [-0.4, -0.2) is 21.0 Å². The van der Waals surface area contributed by atoms with Gasteiger partial charge in [0, 0.05) is 16.5 Å². The first-order valence-corrected chi connectivity index (χ1v) is 11.4. The Kier molecular flexibility index (Phi) is 6.51. The van der Waals surface area contributed by atoms with E-state index in [1.807, 2.05) is 30.5 Å². The fraction of sp³-hybridized carbons (Fsp3) is 0.136. The normalized spacial score (nSPS) is 11.5. The molecule has 3 aromatic rings. The molecule has 0 aliphatic rings. The van der Waals surface area contributed by atoms with Crippen molar-refractivity contribution in [3.8, 4) is 10.4 Å². The van der Waals surface area contributed by atoms with Gasteiger partial charge < -0.3 is 4.74 Å². The Hall–Kier alpha value is -2.90. The summed E-state index contributed by atoms with van der Waals surface area (Å²) in [5.74, 6) is -0.419. The third-order valence-corrected chi connectivity index (χ3v) is 6.47. The minimum absolute atomic E-state index is 0.200. The van der Waals surface area contributed by atoms with Crippen molar-refractivity contribution < 1.29 is 17.9 Å². The van der Waals surface area contributed by atoms with Crippen molar-refractivity contribution in [2.75, 3.05) is 11.3 Å². The molecule has 0 aliphatic heterocycles. The zero-order valence-electron chi connectivity index (χ0n) is 16.1. The predicted octanol–water partition coefficient (Wildman–Crippen LogP) is 5.10. The number of nitrogens with one attached hydrogen (secondary N) is 1. The molecule has 0 unspecified atom stereocenters. The Labute approximate surface area is 174 Å². The second-order valence-corrected chi connectivity index (χ2v) is 8.85. The van der Waals surface area contributed by atoms with E-state index in [1.54, 1.807) is 49.4 Å². The monoisotopic (exact) mass is 427 g/mol. The molecule has 1 aromatic heterocycles. The van der Waals surface area contributed by atoms with Gasteiger partial charge in [-0.2, -0.15) is 0 Å². The quantitative estimate of drug-likeness (QED) is 0.421. The van der Waals surface area contributed by atoms with Gasteiger partial charge in [-0.1, -0.05) is 35.9 Å². The summed E-state index contributed by atoms with van der Waals surface area (Å²) in [6, 6.07) is 15.8. The summed E-state index contributed by atoms with van der Waals surface area (Å²) in [5, 5.41) is 1.89. The van der Waals surface area contributed by atoms with Crippen LogP contribution in [0.5, 0.6) is 0 Å². The van der Waals surface area contributed by atoms with Crippen molar-refractivity contribution >= 4 is 39.1 Å². The SMILES string of the molecule is CCOC(=O)/C=C/c1ccsc1-c1ccccc1NS(=O)(=O)c1ccc(C)cc1. The molecule has 5 nitrogen and oxygen atoms in total. The van der Waals surface area contributed by atoms with Crippen LogP contribution in [0, 0.1) is 6.92 Å². The lowest BCUT2D eigenvalue weighted by molar-refractivity contribution is -0.137. The number of carbonyl (C=O) groups is 1. The number of rotatable bonds is 7. The average Bonchev–Trinajstić information content (AvgIpc) is 3.15. The molecule has 0 atom stereocenters. The van der Waals surface area contributed by atoms with Crippen LogP contribution in [0.3, 0.4) is 0 Å². The number of hydrogen-bond donors (Lipinski definition) is 1. The number of anilines is 1. The van der Waals surface area contributed by atoms with E-state index in [4.69, 9.17) is 4.74 Å². The number of benzene rings is 2. The lowest BCUT2D eigenvalue weighted by Gasteiger charge is -2.13. The second-order valence-electron chi connectivity index (χ2n) is 6.25. The number of carbonyl (C=O) groups excluding carboxylic acids is 1. The van der Waals surface area contributed by atoms with E-state index in [9.17, 15) is 13.2 Å². The number of ether oxygens (including phenoxy) is 1. The number of thiophene rings is 1. The summed E-state index contributed by atoms with van der Waals surface area (Å²) in [5.41, 5.74) is 3.01. The first-order valence-electron chi connectivity index (χ1n) is 9.02. The molecule has 29 heavy (non-hydrogen) atoms. The standard InChI is InChI=1S/C22H21NO4S2/c1-3-27-21(24)13-10-17-14-15-28-22(17)19-6-4-5-7-20(19)23-29(25,26)18-11-8-16(2)9-12-18/h4-15,23H,3H2,1-2H3/b13-10+. The molecule has 0 spiro atoms. The van der Waals surface area contributed by atoms with Gasteiger partial charge in [0.15, 0.2) is 0 Å².